The van der Waals surface area contributed by atoms with Gasteiger partial charge < -0.3 is 10.2 Å². The summed E-state index contributed by atoms with van der Waals surface area (Å²) < 4.78 is 0. The van der Waals surface area contributed by atoms with Gasteiger partial charge in [0.1, 0.15) is 12.1 Å². The molecule has 1 atom stereocenters. The maximum atomic E-state index is 13.3. The summed E-state index contributed by atoms with van der Waals surface area (Å²) in [5.74, 6) is -0.401. The molecule has 27 heavy (non-hydrogen) atoms. The van der Waals surface area contributed by atoms with Crippen molar-refractivity contribution in [3.63, 3.8) is 0 Å². The molecule has 0 radical (unpaired) electrons. The molecule has 4 amide bonds. The third-order valence-corrected chi connectivity index (χ3v) is 6.15. The Morgan fingerprint density at radius 1 is 1.00 bits per heavy atom. The fourth-order valence-corrected chi connectivity index (χ4v) is 4.69. The monoisotopic (exact) mass is 369 g/mol. The number of fused-ring (bicyclic) bond motifs is 2. The molecule has 2 aliphatic heterocycles. The number of hydrogen-bond acceptors (Lipinski definition) is 3. The number of amides is 4. The Hall–Kier alpha value is -2.37. The van der Waals surface area contributed by atoms with Gasteiger partial charge >= 0.3 is 6.03 Å². The number of rotatable bonds is 2. The van der Waals surface area contributed by atoms with Crippen LogP contribution in [-0.4, -0.2) is 47.3 Å². The quantitative estimate of drug-likeness (QED) is 0.815. The van der Waals surface area contributed by atoms with Crippen molar-refractivity contribution in [1.82, 2.24) is 15.1 Å². The number of hydrogen-bond donors (Lipinski definition) is 1. The first-order valence-corrected chi connectivity index (χ1v) is 10.1. The number of imide groups is 1. The molecule has 6 nitrogen and oxygen atoms in total. The lowest BCUT2D eigenvalue weighted by molar-refractivity contribution is -0.139. The number of likely N-dealkylation sites (tertiary alicyclic amines) is 1. The summed E-state index contributed by atoms with van der Waals surface area (Å²) in [5, 5.41) is 2.92. The van der Waals surface area contributed by atoms with Crippen molar-refractivity contribution in [2.75, 3.05) is 19.6 Å². The van der Waals surface area contributed by atoms with E-state index >= 15 is 0 Å². The lowest BCUT2D eigenvalue weighted by atomic mass is 9.76. The number of benzene rings is 1. The van der Waals surface area contributed by atoms with Gasteiger partial charge in [0.05, 0.1) is 0 Å². The van der Waals surface area contributed by atoms with E-state index in [1.165, 1.54) is 6.42 Å². The summed E-state index contributed by atoms with van der Waals surface area (Å²) in [4.78, 5) is 41.6. The van der Waals surface area contributed by atoms with Crippen LogP contribution in [0.5, 0.6) is 0 Å². The van der Waals surface area contributed by atoms with Gasteiger partial charge in [-0.25, -0.2) is 4.79 Å². The highest BCUT2D eigenvalue weighted by Crippen LogP contribution is 2.39. The third-order valence-electron chi connectivity index (χ3n) is 6.15. The Kier molecular flexibility index (Phi) is 4.89. The summed E-state index contributed by atoms with van der Waals surface area (Å²) in [6, 6.07) is 7.36. The molecule has 0 aromatic heterocycles. The third kappa shape index (κ3) is 3.22. The minimum atomic E-state index is -0.998. The molecule has 1 aliphatic carbocycles. The van der Waals surface area contributed by atoms with Gasteiger partial charge in [-0.1, -0.05) is 43.5 Å². The fourth-order valence-electron chi connectivity index (χ4n) is 4.69. The smallest absolute Gasteiger partial charge is 0.325 e. The van der Waals surface area contributed by atoms with Crippen LogP contribution in [0.15, 0.2) is 24.3 Å². The average molecular weight is 369 g/mol. The zero-order valence-electron chi connectivity index (χ0n) is 15.7. The molecule has 144 valence electrons. The van der Waals surface area contributed by atoms with Crippen molar-refractivity contribution in [3.05, 3.63) is 35.4 Å². The number of nitrogens with zero attached hydrogens (tertiary/aromatic N) is 2. The second-order valence-corrected chi connectivity index (χ2v) is 7.89. The molecule has 1 spiro atoms. The number of urea groups is 1. The van der Waals surface area contributed by atoms with Crippen molar-refractivity contribution in [2.24, 2.45) is 0 Å². The Labute approximate surface area is 159 Å². The molecule has 2 fully saturated rings. The topological polar surface area (TPSA) is 69.7 Å². The highest BCUT2D eigenvalue weighted by Gasteiger charge is 2.54. The molecule has 0 bridgehead atoms. The average Bonchev–Trinajstić information content (AvgIpc) is 2.87. The maximum absolute atomic E-state index is 13.3. The molecule has 2 saturated heterocycles. The summed E-state index contributed by atoms with van der Waals surface area (Å²) in [6.07, 6.45) is 7.80. The first kappa shape index (κ1) is 18.0. The molecule has 4 rings (SSSR count). The second kappa shape index (κ2) is 7.33. The Bertz CT molecular complexity index is 755. The highest BCUT2D eigenvalue weighted by molar-refractivity contribution is 6.09. The van der Waals surface area contributed by atoms with Crippen LogP contribution in [0, 0.1) is 0 Å². The van der Waals surface area contributed by atoms with Gasteiger partial charge in [-0.15, -0.1) is 0 Å². The molecular formula is C21H27N3O3. The molecule has 1 N–H and O–H groups in total. The maximum Gasteiger partial charge on any atom is 0.325 e. The van der Waals surface area contributed by atoms with E-state index in [0.29, 0.717) is 6.42 Å². The predicted octanol–water partition coefficient (Wildman–Crippen LogP) is 2.56. The second-order valence-electron chi connectivity index (χ2n) is 7.89. The molecule has 3 aliphatic rings. The minimum Gasteiger partial charge on any atom is -0.341 e. The molecule has 2 heterocycles. The Morgan fingerprint density at radius 3 is 2.48 bits per heavy atom. The van der Waals surface area contributed by atoms with Crippen LogP contribution in [0.1, 0.15) is 56.1 Å². The van der Waals surface area contributed by atoms with Crippen LogP contribution >= 0.6 is 0 Å². The van der Waals surface area contributed by atoms with Crippen LogP contribution in [0.2, 0.25) is 0 Å². The number of nitrogens with one attached hydrogen (secondary N) is 1. The van der Waals surface area contributed by atoms with Gasteiger partial charge in [0.25, 0.3) is 5.91 Å². The van der Waals surface area contributed by atoms with Gasteiger partial charge in [-0.2, -0.15) is 0 Å². The molecule has 0 unspecified atom stereocenters. The number of carbonyl (C=O) groups excluding carboxylic acids is 3. The molecule has 0 saturated carbocycles. The van der Waals surface area contributed by atoms with Crippen LogP contribution in [0.3, 0.4) is 0 Å². The summed E-state index contributed by atoms with van der Waals surface area (Å²) in [7, 11) is 0. The van der Waals surface area contributed by atoms with Crippen molar-refractivity contribution in [3.8, 4) is 0 Å². The van der Waals surface area contributed by atoms with E-state index in [2.05, 4.69) is 5.32 Å². The van der Waals surface area contributed by atoms with E-state index in [4.69, 9.17) is 0 Å². The summed E-state index contributed by atoms with van der Waals surface area (Å²) in [6.45, 7) is 1.28. The van der Waals surface area contributed by atoms with Crippen molar-refractivity contribution < 1.29 is 14.4 Å². The van der Waals surface area contributed by atoms with E-state index in [1.807, 2.05) is 29.2 Å². The van der Waals surface area contributed by atoms with Crippen LogP contribution in [-0.2, 0) is 21.5 Å². The summed E-state index contributed by atoms with van der Waals surface area (Å²) in [5.41, 5.74) is 0.993. The van der Waals surface area contributed by atoms with Gasteiger partial charge in [-0.3, -0.25) is 14.5 Å². The first-order valence-electron chi connectivity index (χ1n) is 10.1. The first-order chi connectivity index (χ1) is 13.1. The Morgan fingerprint density at radius 2 is 1.70 bits per heavy atom. The normalized spacial score (nSPS) is 25.8. The molecular weight excluding hydrogens is 342 g/mol. The van der Waals surface area contributed by atoms with Gasteiger partial charge in [-0.05, 0) is 43.2 Å². The fraction of sp³-hybridized carbons (Fsp3) is 0.571. The van der Waals surface area contributed by atoms with Crippen LogP contribution in [0.4, 0.5) is 4.79 Å². The van der Waals surface area contributed by atoms with Crippen molar-refractivity contribution >= 4 is 17.8 Å². The van der Waals surface area contributed by atoms with Crippen LogP contribution in [0.25, 0.3) is 0 Å². The zero-order valence-corrected chi connectivity index (χ0v) is 15.7. The van der Waals surface area contributed by atoms with Crippen molar-refractivity contribution in [2.45, 2.75) is 56.9 Å². The molecule has 6 heteroatoms. The Balaban J connectivity index is 1.53. The largest absolute Gasteiger partial charge is 0.341 e. The highest BCUT2D eigenvalue weighted by atomic mass is 16.2. The van der Waals surface area contributed by atoms with Gasteiger partial charge in [0, 0.05) is 13.1 Å². The van der Waals surface area contributed by atoms with E-state index in [0.717, 1.165) is 67.6 Å². The van der Waals surface area contributed by atoms with Crippen LogP contribution < -0.4 is 5.32 Å². The molecule has 1 aromatic rings. The number of aryl methyl sites for hydroxylation is 1. The standard InChI is InChI=1S/C21H27N3O3/c25-18(23-13-6-2-1-3-7-14-23)15-24-19(26)21(22-20(24)27)12-8-10-16-9-4-5-11-17(16)21/h4-5,9,11H,1-3,6-8,10,12-15H2,(H,22,27)/t21-/m1/s1. The summed E-state index contributed by atoms with van der Waals surface area (Å²) >= 11 is 0. The predicted molar refractivity (Wildman–Crippen MR) is 101 cm³/mol. The van der Waals surface area contributed by atoms with E-state index in [1.54, 1.807) is 0 Å². The minimum absolute atomic E-state index is 0.124. The van der Waals surface area contributed by atoms with E-state index in [-0.39, 0.29) is 18.4 Å². The van der Waals surface area contributed by atoms with E-state index < -0.39 is 11.6 Å². The van der Waals surface area contributed by atoms with Crippen molar-refractivity contribution in [1.29, 1.82) is 0 Å². The van der Waals surface area contributed by atoms with E-state index in [9.17, 15) is 14.4 Å². The SMILES string of the molecule is O=C(CN1C(=O)N[C@@]2(CCCc3ccccc32)C1=O)N1CCCCCCC1. The zero-order chi connectivity index (χ0) is 18.9. The lowest BCUT2D eigenvalue weighted by Crippen LogP contribution is -2.47. The van der Waals surface area contributed by atoms with Gasteiger partial charge in [0.2, 0.25) is 5.91 Å². The lowest BCUT2D eigenvalue weighted by Gasteiger charge is -2.33. The number of carbonyl (C=O) groups is 3. The molecule has 1 aromatic carbocycles. The van der Waals surface area contributed by atoms with Gasteiger partial charge in [0.15, 0.2) is 0 Å².